The molecule has 10 nitrogen and oxygen atoms in total. The zero-order chi connectivity index (χ0) is 32.3. The summed E-state index contributed by atoms with van der Waals surface area (Å²) in [5.74, 6) is 0.863. The monoisotopic (exact) mass is 638 g/mol. The summed E-state index contributed by atoms with van der Waals surface area (Å²) in [4.78, 5) is 31.3. The molecule has 2 amide bonds. The van der Waals surface area contributed by atoms with Gasteiger partial charge in [0.1, 0.15) is 12.3 Å². The molecule has 0 saturated carbocycles. The molecule has 1 fully saturated rings. The number of amides is 2. The van der Waals surface area contributed by atoms with Crippen LogP contribution < -0.4 is 14.2 Å². The minimum atomic E-state index is -4.54. The van der Waals surface area contributed by atoms with E-state index in [-0.39, 0.29) is 25.4 Å². The third kappa shape index (κ3) is 6.95. The van der Waals surface area contributed by atoms with E-state index in [0.717, 1.165) is 35.4 Å². The number of morpholine rings is 1. The van der Waals surface area contributed by atoms with Gasteiger partial charge in [0.15, 0.2) is 11.5 Å². The zero-order valence-electron chi connectivity index (χ0n) is 25.2. The highest BCUT2D eigenvalue weighted by Crippen LogP contribution is 2.39. The number of fused-ring (bicyclic) bond motifs is 1. The Morgan fingerprint density at radius 3 is 2.39 bits per heavy atom. The molecule has 3 heterocycles. The van der Waals surface area contributed by atoms with E-state index < -0.39 is 29.6 Å². The maximum absolute atomic E-state index is 14.1. The fraction of sp³-hybridized carbons (Fsp3) is 0.364. The van der Waals surface area contributed by atoms with Gasteiger partial charge < -0.3 is 23.8 Å². The van der Waals surface area contributed by atoms with Gasteiger partial charge in [0, 0.05) is 38.2 Å². The van der Waals surface area contributed by atoms with Crippen molar-refractivity contribution < 1.29 is 41.7 Å². The Bertz CT molecular complexity index is 1590. The Morgan fingerprint density at radius 1 is 0.978 bits per heavy atom. The van der Waals surface area contributed by atoms with Gasteiger partial charge in [0.2, 0.25) is 6.79 Å². The van der Waals surface area contributed by atoms with Crippen LogP contribution >= 0.6 is 0 Å². The number of methoxy groups -OCH3 is 1. The lowest BCUT2D eigenvalue weighted by atomic mass is 9.98. The first-order valence-corrected chi connectivity index (χ1v) is 14.9. The molecule has 3 aromatic rings. The molecule has 3 aliphatic heterocycles. The molecule has 242 valence electrons. The first kappa shape index (κ1) is 31.4. The molecule has 3 aromatic carbocycles. The molecule has 1 saturated heterocycles. The molecule has 0 radical (unpaired) electrons. The standard InChI is InChI=1S/C33H33F3N4O6/c1-43-26-9-4-22(5-10-26)27-19-28(24-6-11-29-30(18-24)46-21-45-29)40(37-27)31(41)20-39(13-12-38-14-16-44-17-15-38)32(42)23-2-7-25(8-3-23)33(34,35)36/h2-11,18,28H,12-17,19-21H2,1H3. The Balaban J connectivity index is 1.28. The number of alkyl halides is 3. The fourth-order valence-electron chi connectivity index (χ4n) is 5.64. The van der Waals surface area contributed by atoms with Crippen LogP contribution in [0.2, 0.25) is 0 Å². The van der Waals surface area contributed by atoms with E-state index in [1.54, 1.807) is 13.2 Å². The summed E-state index contributed by atoms with van der Waals surface area (Å²) in [6, 6.07) is 16.4. The lowest BCUT2D eigenvalue weighted by Crippen LogP contribution is -2.46. The number of hydrazone groups is 1. The lowest BCUT2D eigenvalue weighted by molar-refractivity contribution is -0.137. The second kappa shape index (κ2) is 13.4. The molecule has 0 aliphatic carbocycles. The average Bonchev–Trinajstić information content (AvgIpc) is 3.74. The van der Waals surface area contributed by atoms with Crippen molar-refractivity contribution in [3.05, 3.63) is 89.0 Å². The van der Waals surface area contributed by atoms with Crippen molar-refractivity contribution in [3.63, 3.8) is 0 Å². The van der Waals surface area contributed by atoms with Crippen molar-refractivity contribution in [1.82, 2.24) is 14.8 Å². The molecular weight excluding hydrogens is 605 g/mol. The molecule has 3 aliphatic rings. The maximum atomic E-state index is 14.1. The fourth-order valence-corrected chi connectivity index (χ4v) is 5.64. The van der Waals surface area contributed by atoms with E-state index in [0.29, 0.717) is 62.2 Å². The van der Waals surface area contributed by atoms with Crippen LogP contribution in [0, 0.1) is 0 Å². The number of carbonyl (C=O) groups excluding carboxylic acids is 2. The smallest absolute Gasteiger partial charge is 0.416 e. The predicted molar refractivity (Wildman–Crippen MR) is 161 cm³/mol. The van der Waals surface area contributed by atoms with E-state index >= 15 is 0 Å². The van der Waals surface area contributed by atoms with E-state index in [1.807, 2.05) is 36.4 Å². The van der Waals surface area contributed by atoms with Crippen molar-refractivity contribution in [2.45, 2.75) is 18.6 Å². The van der Waals surface area contributed by atoms with Crippen molar-refractivity contribution >= 4 is 17.5 Å². The van der Waals surface area contributed by atoms with Crippen molar-refractivity contribution in [2.24, 2.45) is 5.10 Å². The van der Waals surface area contributed by atoms with E-state index in [2.05, 4.69) is 4.90 Å². The summed E-state index contributed by atoms with van der Waals surface area (Å²) in [7, 11) is 1.58. The number of halogens is 3. The number of benzene rings is 3. The largest absolute Gasteiger partial charge is 0.497 e. The van der Waals surface area contributed by atoms with Gasteiger partial charge in [0.25, 0.3) is 11.8 Å². The number of rotatable bonds is 9. The zero-order valence-corrected chi connectivity index (χ0v) is 25.2. The minimum absolute atomic E-state index is 0.0546. The van der Waals surface area contributed by atoms with Gasteiger partial charge in [-0.25, -0.2) is 5.01 Å². The Labute approximate surface area is 263 Å². The van der Waals surface area contributed by atoms with Gasteiger partial charge in [0.05, 0.1) is 37.6 Å². The highest BCUT2D eigenvalue weighted by molar-refractivity contribution is 6.04. The SMILES string of the molecule is COc1ccc(C2=NN(C(=O)CN(CCN3CCOCC3)C(=O)c3ccc(C(F)(F)F)cc3)C(c3ccc4c(c3)OCO4)C2)cc1. The third-order valence-electron chi connectivity index (χ3n) is 8.23. The van der Waals surface area contributed by atoms with Crippen molar-refractivity contribution in [1.29, 1.82) is 0 Å². The maximum Gasteiger partial charge on any atom is 0.416 e. The summed E-state index contributed by atoms with van der Waals surface area (Å²) in [5.41, 5.74) is 1.46. The van der Waals surface area contributed by atoms with Crippen LogP contribution in [0.15, 0.2) is 71.8 Å². The number of ether oxygens (including phenoxy) is 4. The lowest BCUT2D eigenvalue weighted by Gasteiger charge is -2.31. The second-order valence-corrected chi connectivity index (χ2v) is 11.1. The molecule has 46 heavy (non-hydrogen) atoms. The van der Waals surface area contributed by atoms with E-state index in [1.165, 1.54) is 9.91 Å². The molecule has 0 N–H and O–H groups in total. The molecular formula is C33H33F3N4O6. The molecule has 0 spiro atoms. The Hall–Kier alpha value is -4.62. The van der Waals surface area contributed by atoms with Crippen LogP contribution in [0.3, 0.4) is 0 Å². The van der Waals surface area contributed by atoms with Crippen LogP contribution in [-0.4, -0.2) is 92.2 Å². The van der Waals surface area contributed by atoms with E-state index in [4.69, 9.17) is 24.0 Å². The van der Waals surface area contributed by atoms with Crippen LogP contribution in [0.25, 0.3) is 0 Å². The van der Waals surface area contributed by atoms with Crippen molar-refractivity contribution in [2.75, 3.05) is 59.8 Å². The molecule has 6 rings (SSSR count). The van der Waals surface area contributed by atoms with Gasteiger partial charge in [-0.1, -0.05) is 6.07 Å². The number of hydrogen-bond donors (Lipinski definition) is 0. The summed E-state index contributed by atoms with van der Waals surface area (Å²) >= 11 is 0. The topological polar surface area (TPSA) is 93.1 Å². The second-order valence-electron chi connectivity index (χ2n) is 11.1. The van der Waals surface area contributed by atoms with E-state index in [9.17, 15) is 22.8 Å². The highest BCUT2D eigenvalue weighted by atomic mass is 19.4. The van der Waals surface area contributed by atoms with Gasteiger partial charge in [-0.2, -0.15) is 18.3 Å². The summed E-state index contributed by atoms with van der Waals surface area (Å²) < 4.78 is 61.3. The molecule has 0 bridgehead atoms. The third-order valence-corrected chi connectivity index (χ3v) is 8.23. The number of carbonyl (C=O) groups is 2. The molecule has 1 atom stereocenters. The van der Waals surface area contributed by atoms with Crippen LogP contribution in [0.5, 0.6) is 17.2 Å². The summed E-state index contributed by atoms with van der Waals surface area (Å²) in [6.07, 6.45) is -4.13. The van der Waals surface area contributed by atoms with Gasteiger partial charge in [-0.05, 0) is 71.8 Å². The predicted octanol–water partition coefficient (Wildman–Crippen LogP) is 4.60. The average molecular weight is 639 g/mol. The van der Waals surface area contributed by atoms with Crippen LogP contribution in [0.4, 0.5) is 13.2 Å². The summed E-state index contributed by atoms with van der Waals surface area (Å²) in [6.45, 7) is 2.88. The quantitative estimate of drug-likeness (QED) is 0.339. The normalized spacial score (nSPS) is 18.0. The minimum Gasteiger partial charge on any atom is -0.497 e. The number of nitrogens with zero attached hydrogens (tertiary/aromatic N) is 4. The van der Waals surface area contributed by atoms with Gasteiger partial charge in [-0.3, -0.25) is 14.5 Å². The molecule has 0 aromatic heterocycles. The first-order chi connectivity index (χ1) is 22.2. The van der Waals surface area contributed by atoms with Gasteiger partial charge in [-0.15, -0.1) is 0 Å². The van der Waals surface area contributed by atoms with Crippen LogP contribution in [-0.2, 0) is 15.7 Å². The Kier molecular flexibility index (Phi) is 9.13. The van der Waals surface area contributed by atoms with Crippen molar-refractivity contribution in [3.8, 4) is 17.2 Å². The first-order valence-electron chi connectivity index (χ1n) is 14.9. The van der Waals surface area contributed by atoms with Gasteiger partial charge >= 0.3 is 6.18 Å². The molecule has 1 unspecified atom stereocenters. The highest BCUT2D eigenvalue weighted by Gasteiger charge is 2.36. The Morgan fingerprint density at radius 2 is 1.70 bits per heavy atom. The number of hydrogen-bond acceptors (Lipinski definition) is 8. The summed E-state index contributed by atoms with van der Waals surface area (Å²) in [5, 5.41) is 6.12. The van der Waals surface area contributed by atoms with Crippen LogP contribution in [0.1, 0.15) is 39.5 Å². The molecule has 13 heteroatoms.